The summed E-state index contributed by atoms with van der Waals surface area (Å²) in [4.78, 5) is 13.8. The number of nitrogens with zero attached hydrogens (tertiary/aromatic N) is 4. The van der Waals surface area contributed by atoms with Crippen molar-refractivity contribution in [2.24, 2.45) is 5.92 Å². The van der Waals surface area contributed by atoms with Crippen LogP contribution in [-0.4, -0.2) is 44.9 Å². The molecular weight excluding hydrogens is 320 g/mol. The molecule has 0 aliphatic heterocycles. The van der Waals surface area contributed by atoms with E-state index in [0.717, 1.165) is 12.2 Å². The molecule has 0 unspecified atom stereocenters. The molecule has 1 amide bonds. The van der Waals surface area contributed by atoms with E-state index in [9.17, 15) is 4.79 Å². The normalized spacial score (nSPS) is 11.0. The first-order valence-electron chi connectivity index (χ1n) is 7.00. The minimum absolute atomic E-state index is 0.0827. The predicted molar refractivity (Wildman–Crippen MR) is 89.6 cm³/mol. The molecule has 1 heterocycles. The highest BCUT2D eigenvalue weighted by Crippen LogP contribution is 2.21. The molecule has 0 bridgehead atoms. The smallest absolute Gasteiger partial charge is 0.232 e. The van der Waals surface area contributed by atoms with Gasteiger partial charge in [-0.1, -0.05) is 43.3 Å². The molecule has 118 valence electrons. The Morgan fingerprint density at radius 3 is 2.91 bits per heavy atom. The zero-order valence-corrected chi connectivity index (χ0v) is 14.4. The van der Waals surface area contributed by atoms with E-state index >= 15 is 0 Å². The Kier molecular flexibility index (Phi) is 5.85. The second-order valence-corrected chi connectivity index (χ2v) is 6.80. The maximum absolute atomic E-state index is 12.1. The van der Waals surface area contributed by atoms with Gasteiger partial charge in [0.05, 0.1) is 11.4 Å². The Bertz CT molecular complexity index is 644. The SMILES string of the molecule is CC(C)CN(C)C(=O)CSc1nncn1-c1cccc(Cl)c1. The molecule has 1 aromatic carbocycles. The quantitative estimate of drug-likeness (QED) is 0.759. The number of thioether (sulfide) groups is 1. The standard InChI is InChI=1S/C15H19ClN4OS/c1-11(2)8-19(3)14(21)9-22-15-18-17-10-20(15)13-6-4-5-12(16)7-13/h4-7,10-11H,8-9H2,1-3H3. The monoisotopic (exact) mass is 338 g/mol. The summed E-state index contributed by atoms with van der Waals surface area (Å²) in [5.41, 5.74) is 0.878. The maximum Gasteiger partial charge on any atom is 0.232 e. The first-order chi connectivity index (χ1) is 10.5. The lowest BCUT2D eigenvalue weighted by Gasteiger charge is -2.19. The van der Waals surface area contributed by atoms with E-state index in [1.165, 1.54) is 11.8 Å². The van der Waals surface area contributed by atoms with Crippen LogP contribution in [0.4, 0.5) is 0 Å². The molecule has 0 atom stereocenters. The van der Waals surface area contributed by atoms with Crippen molar-refractivity contribution in [3.8, 4) is 5.69 Å². The number of benzene rings is 1. The largest absolute Gasteiger partial charge is 0.345 e. The molecule has 1 aromatic heterocycles. The van der Waals surface area contributed by atoms with Crippen molar-refractivity contribution in [2.45, 2.75) is 19.0 Å². The Labute approximate surface area is 139 Å². The summed E-state index contributed by atoms with van der Waals surface area (Å²) in [6.07, 6.45) is 1.62. The van der Waals surface area contributed by atoms with Gasteiger partial charge in [0.15, 0.2) is 5.16 Å². The number of hydrogen-bond donors (Lipinski definition) is 0. The molecule has 22 heavy (non-hydrogen) atoms. The van der Waals surface area contributed by atoms with Crippen molar-refractivity contribution in [1.29, 1.82) is 0 Å². The molecule has 5 nitrogen and oxygen atoms in total. The van der Waals surface area contributed by atoms with Crippen molar-refractivity contribution < 1.29 is 4.79 Å². The molecular formula is C15H19ClN4OS. The molecule has 0 saturated heterocycles. The Balaban J connectivity index is 2.03. The van der Waals surface area contributed by atoms with Gasteiger partial charge in [0.1, 0.15) is 6.33 Å². The average molecular weight is 339 g/mol. The Morgan fingerprint density at radius 1 is 1.45 bits per heavy atom. The molecule has 0 N–H and O–H groups in total. The average Bonchev–Trinajstić information content (AvgIpc) is 2.92. The summed E-state index contributed by atoms with van der Waals surface area (Å²) in [6, 6.07) is 7.44. The summed E-state index contributed by atoms with van der Waals surface area (Å²) >= 11 is 7.38. The molecule has 7 heteroatoms. The number of halogens is 1. The van der Waals surface area contributed by atoms with Crippen molar-refractivity contribution in [3.05, 3.63) is 35.6 Å². The summed E-state index contributed by atoms with van der Waals surface area (Å²) in [5.74, 6) is 0.871. The van der Waals surface area contributed by atoms with Crippen molar-refractivity contribution in [3.63, 3.8) is 0 Å². The topological polar surface area (TPSA) is 51.0 Å². The number of carbonyl (C=O) groups excluding carboxylic acids is 1. The van der Waals surface area contributed by atoms with Gasteiger partial charge in [-0.2, -0.15) is 0 Å². The molecule has 0 radical (unpaired) electrons. The van der Waals surface area contributed by atoms with Crippen molar-refractivity contribution in [1.82, 2.24) is 19.7 Å². The van der Waals surface area contributed by atoms with Gasteiger partial charge in [0.25, 0.3) is 0 Å². The molecule has 0 aliphatic rings. The molecule has 2 aromatic rings. The minimum Gasteiger partial charge on any atom is -0.345 e. The van der Waals surface area contributed by atoms with Crippen LogP contribution in [0.15, 0.2) is 35.7 Å². The van der Waals surface area contributed by atoms with Crippen LogP contribution < -0.4 is 0 Å². The van der Waals surface area contributed by atoms with Crippen LogP contribution in [-0.2, 0) is 4.79 Å². The molecule has 0 fully saturated rings. The van der Waals surface area contributed by atoms with E-state index in [-0.39, 0.29) is 5.91 Å². The fourth-order valence-corrected chi connectivity index (χ4v) is 3.07. The lowest BCUT2D eigenvalue weighted by atomic mass is 10.2. The summed E-state index contributed by atoms with van der Waals surface area (Å²) in [7, 11) is 1.82. The van der Waals surface area contributed by atoms with E-state index in [0.29, 0.717) is 21.8 Å². The van der Waals surface area contributed by atoms with Gasteiger partial charge in [-0.3, -0.25) is 9.36 Å². The van der Waals surface area contributed by atoms with Gasteiger partial charge in [0, 0.05) is 18.6 Å². The third-order valence-electron chi connectivity index (χ3n) is 2.99. The van der Waals surface area contributed by atoms with Crippen molar-refractivity contribution >= 4 is 29.3 Å². The van der Waals surface area contributed by atoms with E-state index in [1.54, 1.807) is 11.2 Å². The first kappa shape index (κ1) is 16.8. The second-order valence-electron chi connectivity index (χ2n) is 5.42. The third kappa shape index (κ3) is 4.48. The number of rotatable bonds is 6. The number of hydrogen-bond acceptors (Lipinski definition) is 4. The summed E-state index contributed by atoms with van der Waals surface area (Å²) < 4.78 is 1.83. The summed E-state index contributed by atoms with van der Waals surface area (Å²) in [6.45, 7) is 4.93. The third-order valence-corrected chi connectivity index (χ3v) is 4.16. The lowest BCUT2D eigenvalue weighted by molar-refractivity contribution is -0.127. The van der Waals surface area contributed by atoms with Crippen LogP contribution in [0.3, 0.4) is 0 Å². The highest BCUT2D eigenvalue weighted by Gasteiger charge is 2.14. The van der Waals surface area contributed by atoms with E-state index in [4.69, 9.17) is 11.6 Å². The fraction of sp³-hybridized carbons (Fsp3) is 0.400. The van der Waals surface area contributed by atoms with Gasteiger partial charge < -0.3 is 4.90 Å². The van der Waals surface area contributed by atoms with Crippen molar-refractivity contribution in [2.75, 3.05) is 19.3 Å². The van der Waals surface area contributed by atoms with Gasteiger partial charge in [-0.25, -0.2) is 0 Å². The van der Waals surface area contributed by atoms with Crippen LogP contribution >= 0.6 is 23.4 Å². The van der Waals surface area contributed by atoms with Gasteiger partial charge >= 0.3 is 0 Å². The van der Waals surface area contributed by atoms with Crippen LogP contribution in [0, 0.1) is 5.92 Å². The second kappa shape index (κ2) is 7.65. The van der Waals surface area contributed by atoms with Gasteiger partial charge in [-0.05, 0) is 24.1 Å². The number of aromatic nitrogens is 3. The first-order valence-corrected chi connectivity index (χ1v) is 8.36. The van der Waals surface area contributed by atoms with Gasteiger partial charge in [-0.15, -0.1) is 10.2 Å². The Morgan fingerprint density at radius 2 is 2.23 bits per heavy atom. The zero-order valence-electron chi connectivity index (χ0n) is 12.9. The fourth-order valence-electron chi connectivity index (χ4n) is 2.01. The van der Waals surface area contributed by atoms with Crippen LogP contribution in [0.25, 0.3) is 5.69 Å². The van der Waals surface area contributed by atoms with E-state index < -0.39 is 0 Å². The predicted octanol–water partition coefficient (Wildman–Crippen LogP) is 3.13. The highest BCUT2D eigenvalue weighted by atomic mass is 35.5. The van der Waals surface area contributed by atoms with Crippen LogP contribution in [0.2, 0.25) is 5.02 Å². The molecule has 0 saturated carbocycles. The molecule has 2 rings (SSSR count). The maximum atomic E-state index is 12.1. The van der Waals surface area contributed by atoms with Crippen LogP contribution in [0.5, 0.6) is 0 Å². The molecule has 0 spiro atoms. The molecule has 0 aliphatic carbocycles. The lowest BCUT2D eigenvalue weighted by Crippen LogP contribution is -2.31. The zero-order chi connectivity index (χ0) is 16.1. The summed E-state index contributed by atoms with van der Waals surface area (Å²) in [5, 5.41) is 9.32. The van der Waals surface area contributed by atoms with Crippen LogP contribution in [0.1, 0.15) is 13.8 Å². The van der Waals surface area contributed by atoms with E-state index in [1.807, 2.05) is 35.9 Å². The Hall–Kier alpha value is -1.53. The van der Waals surface area contributed by atoms with Gasteiger partial charge in [0.2, 0.25) is 5.91 Å². The minimum atomic E-state index is 0.0827. The van der Waals surface area contributed by atoms with E-state index in [2.05, 4.69) is 24.0 Å². The number of carbonyl (C=O) groups is 1. The highest BCUT2D eigenvalue weighted by molar-refractivity contribution is 7.99. The number of amides is 1.